The highest BCUT2D eigenvalue weighted by Crippen LogP contribution is 2.23. The quantitative estimate of drug-likeness (QED) is 0.837. The summed E-state index contributed by atoms with van der Waals surface area (Å²) in [4.78, 5) is 4.13. The van der Waals surface area contributed by atoms with E-state index in [0.29, 0.717) is 5.88 Å². The monoisotopic (exact) mass is 266 g/mol. The van der Waals surface area contributed by atoms with Crippen LogP contribution in [0.1, 0.15) is 18.5 Å². The molecule has 0 saturated heterocycles. The Morgan fingerprint density at radius 1 is 1.54 bits per heavy atom. The fourth-order valence-electron chi connectivity index (χ4n) is 0.939. The lowest BCUT2D eigenvalue weighted by Gasteiger charge is -2.09. The van der Waals surface area contributed by atoms with Gasteiger partial charge in [0.1, 0.15) is 4.60 Å². The van der Waals surface area contributed by atoms with Crippen LogP contribution in [0.4, 0.5) is 0 Å². The smallest absolute Gasteiger partial charge is 0.218 e. The van der Waals surface area contributed by atoms with Crippen LogP contribution >= 0.6 is 28.3 Å². The maximum Gasteiger partial charge on any atom is 0.218 e. The van der Waals surface area contributed by atoms with Crippen molar-refractivity contribution in [3.05, 3.63) is 22.3 Å². The van der Waals surface area contributed by atoms with Crippen LogP contribution < -0.4 is 10.5 Å². The molecule has 0 aliphatic rings. The highest BCUT2D eigenvalue weighted by molar-refractivity contribution is 9.10. The highest BCUT2D eigenvalue weighted by atomic mass is 79.9. The van der Waals surface area contributed by atoms with E-state index in [0.717, 1.165) is 10.2 Å². The van der Waals surface area contributed by atoms with Gasteiger partial charge in [0.2, 0.25) is 5.88 Å². The largest absolute Gasteiger partial charge is 0.481 e. The van der Waals surface area contributed by atoms with E-state index in [4.69, 9.17) is 10.5 Å². The number of nitrogens with two attached hydrogens (primary N) is 1. The molecule has 0 radical (unpaired) electrons. The van der Waals surface area contributed by atoms with E-state index in [-0.39, 0.29) is 18.4 Å². The van der Waals surface area contributed by atoms with E-state index >= 15 is 0 Å². The van der Waals surface area contributed by atoms with Crippen LogP contribution in [-0.4, -0.2) is 12.1 Å². The lowest BCUT2D eigenvalue weighted by Crippen LogP contribution is -2.07. The van der Waals surface area contributed by atoms with E-state index < -0.39 is 0 Å². The average Bonchev–Trinajstić information content (AvgIpc) is 2.03. The van der Waals surface area contributed by atoms with Crippen LogP contribution in [0.15, 0.2) is 16.7 Å². The fraction of sp³-hybridized carbons (Fsp3) is 0.375. The lowest BCUT2D eigenvalue weighted by atomic mass is 10.1. The molecule has 13 heavy (non-hydrogen) atoms. The van der Waals surface area contributed by atoms with Crippen molar-refractivity contribution in [3.8, 4) is 5.88 Å². The van der Waals surface area contributed by atoms with Crippen LogP contribution in [0.5, 0.6) is 5.88 Å². The summed E-state index contributed by atoms with van der Waals surface area (Å²) in [5.74, 6) is 0.583. The first-order valence-corrected chi connectivity index (χ1v) is 4.40. The van der Waals surface area contributed by atoms with Crippen LogP contribution in [0.3, 0.4) is 0 Å². The van der Waals surface area contributed by atoms with Crippen molar-refractivity contribution in [3.63, 3.8) is 0 Å². The van der Waals surface area contributed by atoms with Crippen molar-refractivity contribution in [1.29, 1.82) is 0 Å². The Hall–Kier alpha value is -0.320. The van der Waals surface area contributed by atoms with E-state index in [2.05, 4.69) is 20.9 Å². The molecule has 0 aliphatic carbocycles. The van der Waals surface area contributed by atoms with Gasteiger partial charge in [0, 0.05) is 11.6 Å². The number of hydrogen-bond acceptors (Lipinski definition) is 3. The van der Waals surface area contributed by atoms with Crippen LogP contribution in [0, 0.1) is 0 Å². The number of nitrogens with zero attached hydrogens (tertiary/aromatic N) is 1. The van der Waals surface area contributed by atoms with Gasteiger partial charge in [-0.15, -0.1) is 12.4 Å². The summed E-state index contributed by atoms with van der Waals surface area (Å²) >= 11 is 3.25. The molecule has 0 unspecified atom stereocenters. The summed E-state index contributed by atoms with van der Waals surface area (Å²) in [5.41, 5.74) is 6.62. The predicted molar refractivity (Wildman–Crippen MR) is 58.3 cm³/mol. The lowest BCUT2D eigenvalue weighted by molar-refractivity contribution is 0.389. The fourth-order valence-corrected chi connectivity index (χ4v) is 1.23. The van der Waals surface area contributed by atoms with Crippen LogP contribution in [-0.2, 0) is 0 Å². The molecule has 2 N–H and O–H groups in total. The van der Waals surface area contributed by atoms with Crippen molar-refractivity contribution in [1.82, 2.24) is 4.98 Å². The zero-order valence-electron chi connectivity index (χ0n) is 7.45. The molecular weight excluding hydrogens is 255 g/mol. The van der Waals surface area contributed by atoms with E-state index in [9.17, 15) is 0 Å². The molecule has 1 rings (SSSR count). The Labute approximate surface area is 92.2 Å². The third kappa shape index (κ3) is 3.14. The minimum Gasteiger partial charge on any atom is -0.481 e. The predicted octanol–water partition coefficient (Wildman–Crippen LogP) is 2.29. The number of hydrogen-bond donors (Lipinski definition) is 1. The summed E-state index contributed by atoms with van der Waals surface area (Å²) in [6.45, 7) is 1.90. The van der Waals surface area contributed by atoms with Crippen LogP contribution in [0.25, 0.3) is 0 Å². The summed E-state index contributed by atoms with van der Waals surface area (Å²) in [6, 6.07) is 3.70. The molecule has 0 bridgehead atoms. The van der Waals surface area contributed by atoms with Crippen molar-refractivity contribution in [2.45, 2.75) is 13.0 Å². The number of pyridine rings is 1. The summed E-state index contributed by atoms with van der Waals surface area (Å²) < 4.78 is 5.82. The molecule has 0 fully saturated rings. The molecule has 1 heterocycles. The van der Waals surface area contributed by atoms with Crippen molar-refractivity contribution in [2.24, 2.45) is 5.73 Å². The van der Waals surface area contributed by atoms with Gasteiger partial charge >= 0.3 is 0 Å². The average molecular weight is 268 g/mol. The van der Waals surface area contributed by atoms with Gasteiger partial charge in [-0.05, 0) is 35.0 Å². The Balaban J connectivity index is 0.00000144. The van der Waals surface area contributed by atoms with E-state index in [1.807, 2.05) is 19.1 Å². The molecule has 5 heteroatoms. The van der Waals surface area contributed by atoms with Crippen LogP contribution in [0.2, 0.25) is 0 Å². The Morgan fingerprint density at radius 3 is 2.62 bits per heavy atom. The summed E-state index contributed by atoms with van der Waals surface area (Å²) in [5, 5.41) is 0. The number of rotatable bonds is 2. The summed E-state index contributed by atoms with van der Waals surface area (Å²) in [6.07, 6.45) is 0. The molecule has 0 aromatic carbocycles. The van der Waals surface area contributed by atoms with Gasteiger partial charge in [-0.3, -0.25) is 0 Å². The van der Waals surface area contributed by atoms with Gasteiger partial charge in [0.25, 0.3) is 0 Å². The third-order valence-electron chi connectivity index (χ3n) is 1.54. The molecule has 3 nitrogen and oxygen atoms in total. The van der Waals surface area contributed by atoms with Gasteiger partial charge < -0.3 is 10.5 Å². The zero-order chi connectivity index (χ0) is 9.14. The minimum atomic E-state index is -0.0550. The number of ether oxygens (including phenoxy) is 1. The maximum atomic E-state index is 5.70. The van der Waals surface area contributed by atoms with Crippen molar-refractivity contribution < 1.29 is 4.74 Å². The third-order valence-corrected chi connectivity index (χ3v) is 1.98. The molecule has 1 aromatic heterocycles. The van der Waals surface area contributed by atoms with Crippen molar-refractivity contribution >= 4 is 28.3 Å². The molecule has 0 aliphatic heterocycles. The molecule has 0 amide bonds. The second kappa shape index (κ2) is 5.42. The molecule has 74 valence electrons. The standard InChI is InChI=1S/C8H11BrN2O.ClH/c1-5(10)6-3-4-7(9)11-8(6)12-2;/h3-5H,10H2,1-2H3;1H/t5-;/m0./s1. The van der Waals surface area contributed by atoms with Gasteiger partial charge in [-0.2, -0.15) is 0 Å². The highest BCUT2D eigenvalue weighted by Gasteiger charge is 2.08. The second-order valence-corrected chi connectivity index (χ2v) is 3.33. The normalized spacial score (nSPS) is 11.7. The second-order valence-electron chi connectivity index (χ2n) is 2.52. The Bertz CT molecular complexity index is 281. The molecule has 1 aromatic rings. The Kier molecular flexibility index (Phi) is 5.29. The number of aromatic nitrogens is 1. The molecular formula is C8H12BrClN2O. The SMILES string of the molecule is COc1nc(Br)ccc1[C@H](C)N.Cl. The molecule has 0 saturated carbocycles. The first kappa shape index (κ1) is 12.7. The van der Waals surface area contributed by atoms with Crippen molar-refractivity contribution in [2.75, 3.05) is 7.11 Å². The number of halogens is 2. The Morgan fingerprint density at radius 2 is 2.15 bits per heavy atom. The topological polar surface area (TPSA) is 48.1 Å². The number of methoxy groups -OCH3 is 1. The van der Waals surface area contributed by atoms with Gasteiger partial charge in [0.05, 0.1) is 7.11 Å². The van der Waals surface area contributed by atoms with Gasteiger partial charge in [-0.1, -0.05) is 0 Å². The first-order chi connectivity index (χ1) is 5.65. The van der Waals surface area contributed by atoms with Gasteiger partial charge in [0.15, 0.2) is 0 Å². The van der Waals surface area contributed by atoms with E-state index in [1.165, 1.54) is 0 Å². The summed E-state index contributed by atoms with van der Waals surface area (Å²) in [7, 11) is 1.58. The first-order valence-electron chi connectivity index (χ1n) is 3.61. The van der Waals surface area contributed by atoms with Gasteiger partial charge in [-0.25, -0.2) is 4.98 Å². The minimum absolute atomic E-state index is 0. The molecule has 1 atom stereocenters. The zero-order valence-corrected chi connectivity index (χ0v) is 9.85. The molecule has 0 spiro atoms. The van der Waals surface area contributed by atoms with E-state index in [1.54, 1.807) is 7.11 Å². The maximum absolute atomic E-state index is 5.70.